The fourth-order valence-electron chi connectivity index (χ4n) is 2.10. The van der Waals surface area contributed by atoms with Crippen molar-refractivity contribution in [1.82, 2.24) is 15.0 Å². The quantitative estimate of drug-likeness (QED) is 0.798. The van der Waals surface area contributed by atoms with E-state index in [2.05, 4.69) is 15.0 Å². The van der Waals surface area contributed by atoms with Gasteiger partial charge in [-0.15, -0.1) is 0 Å². The first-order valence-electron chi connectivity index (χ1n) is 6.64. The number of anilines is 3. The number of nitrogens with zero attached hydrogens (tertiary/aromatic N) is 4. The van der Waals surface area contributed by atoms with Crippen LogP contribution in [0.25, 0.3) is 0 Å². The Bertz CT molecular complexity index is 737. The van der Waals surface area contributed by atoms with Crippen molar-refractivity contribution < 1.29 is 4.79 Å². The topological polar surface area (TPSA) is 85.0 Å². The summed E-state index contributed by atoms with van der Waals surface area (Å²) in [5.41, 5.74) is 6.44. The Hall–Kier alpha value is -3.28. The monoisotopic (exact) mass is 291 g/mol. The van der Waals surface area contributed by atoms with Crippen molar-refractivity contribution in [2.24, 2.45) is 5.73 Å². The summed E-state index contributed by atoms with van der Waals surface area (Å²) in [6.07, 6.45) is 4.93. The van der Waals surface area contributed by atoms with Crippen molar-refractivity contribution in [2.45, 2.75) is 0 Å². The zero-order valence-electron chi connectivity index (χ0n) is 11.6. The SMILES string of the molecule is NC(=O)c1ccccc1N(c1ccccn1)c1ncccn1. The number of hydrogen-bond acceptors (Lipinski definition) is 5. The maximum Gasteiger partial charge on any atom is 0.250 e. The van der Waals surface area contributed by atoms with Crippen LogP contribution in [0.15, 0.2) is 67.1 Å². The molecule has 2 N–H and O–H groups in total. The van der Waals surface area contributed by atoms with Crippen LogP contribution in [0.3, 0.4) is 0 Å². The fourth-order valence-corrected chi connectivity index (χ4v) is 2.10. The van der Waals surface area contributed by atoms with Gasteiger partial charge in [0, 0.05) is 18.6 Å². The van der Waals surface area contributed by atoms with Gasteiger partial charge >= 0.3 is 0 Å². The molecule has 3 aromatic rings. The summed E-state index contributed by atoms with van der Waals surface area (Å²) in [6.45, 7) is 0. The molecule has 0 fully saturated rings. The fraction of sp³-hybridized carbons (Fsp3) is 0. The first kappa shape index (κ1) is 13.7. The molecule has 2 aromatic heterocycles. The molecular formula is C16H13N5O. The van der Waals surface area contributed by atoms with Gasteiger partial charge in [-0.25, -0.2) is 15.0 Å². The highest BCUT2D eigenvalue weighted by Gasteiger charge is 2.20. The molecule has 6 nitrogen and oxygen atoms in total. The molecule has 0 unspecified atom stereocenters. The molecule has 1 aromatic carbocycles. The Morgan fingerprint density at radius 1 is 0.864 bits per heavy atom. The predicted octanol–water partition coefficient (Wildman–Crippen LogP) is 2.44. The molecule has 0 aliphatic rings. The molecule has 1 amide bonds. The van der Waals surface area contributed by atoms with E-state index in [0.717, 1.165) is 0 Å². The lowest BCUT2D eigenvalue weighted by molar-refractivity contribution is 0.100. The van der Waals surface area contributed by atoms with Crippen molar-refractivity contribution >= 4 is 23.4 Å². The van der Waals surface area contributed by atoms with Crippen LogP contribution in [0.4, 0.5) is 17.5 Å². The highest BCUT2D eigenvalue weighted by molar-refractivity contribution is 6.00. The van der Waals surface area contributed by atoms with Crippen LogP contribution in [0.1, 0.15) is 10.4 Å². The number of pyridine rings is 1. The molecule has 0 saturated heterocycles. The molecule has 2 heterocycles. The first-order valence-corrected chi connectivity index (χ1v) is 6.64. The van der Waals surface area contributed by atoms with E-state index >= 15 is 0 Å². The van der Waals surface area contributed by atoms with Crippen molar-refractivity contribution in [3.8, 4) is 0 Å². The second kappa shape index (κ2) is 6.01. The van der Waals surface area contributed by atoms with Gasteiger partial charge in [0.1, 0.15) is 5.82 Å². The first-order chi connectivity index (χ1) is 10.8. The summed E-state index contributed by atoms with van der Waals surface area (Å²) in [4.78, 5) is 26.3. The van der Waals surface area contributed by atoms with E-state index in [0.29, 0.717) is 23.0 Å². The van der Waals surface area contributed by atoms with Crippen LogP contribution in [-0.4, -0.2) is 20.9 Å². The molecule has 3 rings (SSSR count). The molecule has 0 aliphatic carbocycles. The number of carbonyl (C=O) groups is 1. The second-order valence-corrected chi connectivity index (χ2v) is 4.45. The predicted molar refractivity (Wildman–Crippen MR) is 83.0 cm³/mol. The third kappa shape index (κ3) is 2.62. The van der Waals surface area contributed by atoms with Crippen LogP contribution < -0.4 is 10.6 Å². The van der Waals surface area contributed by atoms with E-state index in [1.807, 2.05) is 24.3 Å². The number of aromatic nitrogens is 3. The highest BCUT2D eigenvalue weighted by atomic mass is 16.1. The zero-order valence-corrected chi connectivity index (χ0v) is 11.6. The highest BCUT2D eigenvalue weighted by Crippen LogP contribution is 2.32. The van der Waals surface area contributed by atoms with E-state index < -0.39 is 5.91 Å². The average molecular weight is 291 g/mol. The molecule has 0 radical (unpaired) electrons. The number of carbonyl (C=O) groups excluding carboxylic acids is 1. The van der Waals surface area contributed by atoms with E-state index in [1.54, 1.807) is 47.8 Å². The Labute approximate surface area is 127 Å². The van der Waals surface area contributed by atoms with Gasteiger partial charge in [0.05, 0.1) is 11.3 Å². The molecule has 22 heavy (non-hydrogen) atoms. The van der Waals surface area contributed by atoms with E-state index in [-0.39, 0.29) is 0 Å². The Kier molecular flexibility index (Phi) is 3.74. The molecular weight excluding hydrogens is 278 g/mol. The molecule has 108 valence electrons. The van der Waals surface area contributed by atoms with Crippen LogP contribution in [-0.2, 0) is 0 Å². The maximum atomic E-state index is 11.7. The molecule has 0 aliphatic heterocycles. The molecule has 0 bridgehead atoms. The van der Waals surface area contributed by atoms with E-state index in [9.17, 15) is 4.79 Å². The summed E-state index contributed by atoms with van der Waals surface area (Å²) in [5.74, 6) is 0.491. The summed E-state index contributed by atoms with van der Waals surface area (Å²) in [6, 6.07) is 14.2. The smallest absolute Gasteiger partial charge is 0.250 e. The Balaban J connectivity index is 2.21. The lowest BCUT2D eigenvalue weighted by atomic mass is 10.1. The molecule has 0 spiro atoms. The Morgan fingerprint density at radius 2 is 1.55 bits per heavy atom. The van der Waals surface area contributed by atoms with Gasteiger partial charge in [-0.2, -0.15) is 0 Å². The minimum atomic E-state index is -0.521. The molecule has 6 heteroatoms. The van der Waals surface area contributed by atoms with Crippen LogP contribution >= 0.6 is 0 Å². The van der Waals surface area contributed by atoms with Gasteiger partial charge in [0.2, 0.25) is 5.95 Å². The summed E-state index contributed by atoms with van der Waals surface area (Å²) >= 11 is 0. The van der Waals surface area contributed by atoms with Crippen molar-refractivity contribution in [2.75, 3.05) is 4.90 Å². The Morgan fingerprint density at radius 3 is 2.23 bits per heavy atom. The zero-order chi connectivity index (χ0) is 15.4. The third-order valence-electron chi connectivity index (χ3n) is 3.04. The summed E-state index contributed by atoms with van der Waals surface area (Å²) in [7, 11) is 0. The van der Waals surface area contributed by atoms with Crippen LogP contribution in [0, 0.1) is 0 Å². The number of nitrogens with two attached hydrogens (primary N) is 1. The van der Waals surface area contributed by atoms with Gasteiger partial charge in [-0.05, 0) is 30.3 Å². The normalized spacial score (nSPS) is 10.2. The standard InChI is InChI=1S/C16H13N5O/c17-15(22)12-6-1-2-7-13(12)21(14-8-3-4-9-18-14)16-19-10-5-11-20-16/h1-11H,(H2,17,22). The van der Waals surface area contributed by atoms with Gasteiger partial charge < -0.3 is 5.73 Å². The molecule has 0 saturated carbocycles. The number of rotatable bonds is 4. The number of benzene rings is 1. The minimum Gasteiger partial charge on any atom is -0.366 e. The van der Waals surface area contributed by atoms with E-state index in [4.69, 9.17) is 5.73 Å². The van der Waals surface area contributed by atoms with Gasteiger partial charge in [-0.1, -0.05) is 18.2 Å². The third-order valence-corrected chi connectivity index (χ3v) is 3.04. The maximum absolute atomic E-state index is 11.7. The number of primary amides is 1. The van der Waals surface area contributed by atoms with Crippen molar-refractivity contribution in [3.05, 3.63) is 72.7 Å². The summed E-state index contributed by atoms with van der Waals surface area (Å²) < 4.78 is 0. The van der Waals surface area contributed by atoms with Crippen molar-refractivity contribution in [1.29, 1.82) is 0 Å². The average Bonchev–Trinajstić information content (AvgIpc) is 2.57. The lowest BCUT2D eigenvalue weighted by Crippen LogP contribution is -2.20. The van der Waals surface area contributed by atoms with Crippen LogP contribution in [0.5, 0.6) is 0 Å². The molecule has 0 atom stereocenters. The number of amides is 1. The number of para-hydroxylation sites is 1. The summed E-state index contributed by atoms with van der Waals surface area (Å²) in [5, 5.41) is 0. The van der Waals surface area contributed by atoms with E-state index in [1.165, 1.54) is 0 Å². The minimum absolute atomic E-state index is 0.376. The number of hydrogen-bond donors (Lipinski definition) is 1. The van der Waals surface area contributed by atoms with Gasteiger partial charge in [-0.3, -0.25) is 9.69 Å². The largest absolute Gasteiger partial charge is 0.366 e. The van der Waals surface area contributed by atoms with Gasteiger partial charge in [0.15, 0.2) is 0 Å². The van der Waals surface area contributed by atoms with Crippen LogP contribution in [0.2, 0.25) is 0 Å². The van der Waals surface area contributed by atoms with Crippen molar-refractivity contribution in [3.63, 3.8) is 0 Å². The second-order valence-electron chi connectivity index (χ2n) is 4.45. The lowest BCUT2D eigenvalue weighted by Gasteiger charge is -2.23. The van der Waals surface area contributed by atoms with Gasteiger partial charge in [0.25, 0.3) is 5.91 Å².